The third-order valence-corrected chi connectivity index (χ3v) is 6.99. The van der Waals surface area contributed by atoms with E-state index in [4.69, 9.17) is 14.6 Å². The summed E-state index contributed by atoms with van der Waals surface area (Å²) < 4.78 is 6.26. The number of hydrogen-bond donors (Lipinski definition) is 0. The molecule has 1 aliphatic rings. The molecule has 0 aliphatic carbocycles. The molecule has 1 aliphatic heterocycles. The van der Waals surface area contributed by atoms with Crippen molar-refractivity contribution in [3.63, 3.8) is 0 Å². The number of hydrogen-bond acceptors (Lipinski definition) is 5. The fourth-order valence-electron chi connectivity index (χ4n) is 4.93. The molecule has 0 amide bonds. The smallest absolute Gasteiger partial charge is 0.122 e. The molecule has 0 saturated heterocycles. The fraction of sp³-hybridized carbons (Fsp3) is 0.600. The van der Waals surface area contributed by atoms with Gasteiger partial charge in [-0.25, -0.2) is 0 Å². The number of rotatable bonds is 13. The molecule has 5 heteroatoms. The summed E-state index contributed by atoms with van der Waals surface area (Å²) >= 11 is 0. The summed E-state index contributed by atoms with van der Waals surface area (Å²) in [4.78, 5) is 13.3. The quantitative estimate of drug-likeness (QED) is 0.253. The Morgan fingerprint density at radius 2 is 1.89 bits per heavy atom. The van der Waals surface area contributed by atoms with E-state index in [1.165, 1.54) is 28.1 Å². The molecule has 192 valence electrons. The van der Waals surface area contributed by atoms with Gasteiger partial charge in [-0.1, -0.05) is 76.2 Å². The van der Waals surface area contributed by atoms with Crippen molar-refractivity contribution in [2.24, 2.45) is 17.0 Å². The average Bonchev–Trinajstić information content (AvgIpc) is 2.87. The van der Waals surface area contributed by atoms with E-state index >= 15 is 0 Å². The van der Waals surface area contributed by atoms with Crippen molar-refractivity contribution in [2.45, 2.75) is 86.5 Å². The highest BCUT2D eigenvalue weighted by Crippen LogP contribution is 2.22. The summed E-state index contributed by atoms with van der Waals surface area (Å²) in [6.07, 6.45) is 4.17. The molecule has 5 nitrogen and oxygen atoms in total. The Kier molecular flexibility index (Phi) is 10.7. The van der Waals surface area contributed by atoms with Crippen LogP contribution in [0, 0.1) is 11.8 Å². The number of aromatic nitrogens is 1. The van der Waals surface area contributed by atoms with Gasteiger partial charge in [-0.05, 0) is 42.4 Å². The van der Waals surface area contributed by atoms with E-state index in [0.717, 1.165) is 51.0 Å². The van der Waals surface area contributed by atoms with Gasteiger partial charge in [-0.2, -0.15) is 0 Å². The Hall–Kier alpha value is -2.24. The number of fused-ring (bicyclic) bond motifs is 1. The van der Waals surface area contributed by atoms with Crippen molar-refractivity contribution < 1.29 is 9.57 Å². The Morgan fingerprint density at radius 3 is 2.57 bits per heavy atom. The summed E-state index contributed by atoms with van der Waals surface area (Å²) in [7, 11) is 0. The lowest BCUT2D eigenvalue weighted by Gasteiger charge is -2.29. The van der Waals surface area contributed by atoms with Crippen molar-refractivity contribution in [2.75, 3.05) is 19.7 Å². The van der Waals surface area contributed by atoms with Crippen LogP contribution in [0.1, 0.15) is 76.0 Å². The SMILES string of the molecule is CCc1cc2c(nc1CC)CCN(CCC(C)=NOCC(C)C(OCc1ccccc1)C(C)C)C2. The van der Waals surface area contributed by atoms with E-state index in [0.29, 0.717) is 19.1 Å². The molecule has 0 fully saturated rings. The van der Waals surface area contributed by atoms with Gasteiger partial charge in [-0.15, -0.1) is 0 Å². The van der Waals surface area contributed by atoms with Gasteiger partial charge in [0.25, 0.3) is 0 Å². The molecule has 0 bridgehead atoms. The first-order valence-electron chi connectivity index (χ1n) is 13.4. The van der Waals surface area contributed by atoms with Crippen LogP contribution in [0.15, 0.2) is 41.6 Å². The molecule has 1 aromatic carbocycles. The normalized spacial score (nSPS) is 16.3. The Morgan fingerprint density at radius 1 is 1.11 bits per heavy atom. The number of nitrogens with zero attached hydrogens (tertiary/aromatic N) is 3. The van der Waals surface area contributed by atoms with Gasteiger partial charge in [0.1, 0.15) is 6.61 Å². The maximum absolute atomic E-state index is 6.26. The zero-order valence-electron chi connectivity index (χ0n) is 22.7. The Labute approximate surface area is 212 Å². The lowest BCUT2D eigenvalue weighted by molar-refractivity contribution is -0.0483. The number of aryl methyl sites for hydroxylation is 2. The molecule has 2 aromatic rings. The van der Waals surface area contributed by atoms with Crippen LogP contribution in [-0.2, 0) is 42.0 Å². The summed E-state index contributed by atoms with van der Waals surface area (Å²) in [6.45, 7) is 17.3. The standard InChI is InChI=1S/C30H45N3O2/c1-7-26-18-27-19-33(17-15-29(27)31-28(26)8-2)16-14-24(6)32-35-20-23(5)30(22(3)4)34-21-25-12-10-9-11-13-25/h9-13,18,22-23,30H,7-8,14-17,19-21H2,1-6H3. The topological polar surface area (TPSA) is 47.0 Å². The minimum absolute atomic E-state index is 0.133. The number of oxime groups is 1. The van der Waals surface area contributed by atoms with Crippen LogP contribution in [0.5, 0.6) is 0 Å². The molecule has 35 heavy (non-hydrogen) atoms. The maximum Gasteiger partial charge on any atom is 0.122 e. The second-order valence-electron chi connectivity index (χ2n) is 10.3. The summed E-state index contributed by atoms with van der Waals surface area (Å²) in [5, 5.41) is 4.43. The van der Waals surface area contributed by atoms with E-state index in [1.807, 2.05) is 6.07 Å². The first kappa shape index (κ1) is 27.3. The van der Waals surface area contributed by atoms with Crippen LogP contribution in [0.4, 0.5) is 0 Å². The molecule has 0 saturated carbocycles. The van der Waals surface area contributed by atoms with Crippen LogP contribution >= 0.6 is 0 Å². The summed E-state index contributed by atoms with van der Waals surface area (Å²) in [5.41, 5.74) is 7.63. The molecule has 2 atom stereocenters. The first-order valence-corrected chi connectivity index (χ1v) is 13.4. The predicted molar refractivity (Wildman–Crippen MR) is 145 cm³/mol. The van der Waals surface area contributed by atoms with Gasteiger partial charge in [0.2, 0.25) is 0 Å². The lowest BCUT2D eigenvalue weighted by atomic mass is 9.95. The number of pyridine rings is 1. The minimum Gasteiger partial charge on any atom is -0.395 e. The molecule has 0 spiro atoms. The fourth-order valence-corrected chi connectivity index (χ4v) is 4.93. The lowest BCUT2D eigenvalue weighted by Crippen LogP contribution is -2.33. The highest BCUT2D eigenvalue weighted by Gasteiger charge is 2.23. The molecule has 0 radical (unpaired) electrons. The number of benzene rings is 1. The van der Waals surface area contributed by atoms with E-state index in [-0.39, 0.29) is 12.0 Å². The van der Waals surface area contributed by atoms with E-state index < -0.39 is 0 Å². The van der Waals surface area contributed by atoms with Gasteiger partial charge < -0.3 is 9.57 Å². The molecular formula is C30H45N3O2. The van der Waals surface area contributed by atoms with Crippen LogP contribution in [0.3, 0.4) is 0 Å². The van der Waals surface area contributed by atoms with Crippen molar-refractivity contribution in [1.82, 2.24) is 9.88 Å². The van der Waals surface area contributed by atoms with Crippen molar-refractivity contribution >= 4 is 5.71 Å². The molecule has 1 aromatic heterocycles. The molecule has 0 N–H and O–H groups in total. The second-order valence-corrected chi connectivity index (χ2v) is 10.3. The van der Waals surface area contributed by atoms with Crippen LogP contribution in [-0.4, -0.2) is 41.4 Å². The summed E-state index contributed by atoms with van der Waals surface area (Å²) in [6, 6.07) is 12.7. The highest BCUT2D eigenvalue weighted by molar-refractivity contribution is 5.81. The Bertz CT molecular complexity index is 942. The van der Waals surface area contributed by atoms with E-state index in [2.05, 4.69) is 81.9 Å². The largest absolute Gasteiger partial charge is 0.395 e. The summed E-state index contributed by atoms with van der Waals surface area (Å²) in [5.74, 6) is 0.683. The zero-order valence-corrected chi connectivity index (χ0v) is 22.7. The highest BCUT2D eigenvalue weighted by atomic mass is 16.6. The molecule has 2 heterocycles. The molecular weight excluding hydrogens is 434 g/mol. The van der Waals surface area contributed by atoms with Gasteiger partial charge in [0, 0.05) is 49.8 Å². The van der Waals surface area contributed by atoms with Crippen LogP contribution < -0.4 is 0 Å². The van der Waals surface area contributed by atoms with Crippen LogP contribution in [0.2, 0.25) is 0 Å². The second kappa shape index (κ2) is 13.7. The van der Waals surface area contributed by atoms with Gasteiger partial charge >= 0.3 is 0 Å². The van der Waals surface area contributed by atoms with Crippen molar-refractivity contribution in [1.29, 1.82) is 0 Å². The third-order valence-electron chi connectivity index (χ3n) is 6.99. The average molecular weight is 480 g/mol. The Balaban J connectivity index is 1.44. The first-order chi connectivity index (χ1) is 16.9. The molecule has 2 unspecified atom stereocenters. The molecule has 3 rings (SSSR count). The minimum atomic E-state index is 0.133. The van der Waals surface area contributed by atoms with E-state index in [1.54, 1.807) is 0 Å². The van der Waals surface area contributed by atoms with Crippen LogP contribution in [0.25, 0.3) is 0 Å². The van der Waals surface area contributed by atoms with E-state index in [9.17, 15) is 0 Å². The third kappa shape index (κ3) is 8.15. The van der Waals surface area contributed by atoms with Gasteiger partial charge in [0.05, 0.1) is 18.4 Å². The predicted octanol–water partition coefficient (Wildman–Crippen LogP) is 6.22. The van der Waals surface area contributed by atoms with Gasteiger partial charge in [-0.3, -0.25) is 9.88 Å². The van der Waals surface area contributed by atoms with Crippen molar-refractivity contribution in [3.8, 4) is 0 Å². The monoisotopic (exact) mass is 479 g/mol. The zero-order chi connectivity index (χ0) is 25.2. The van der Waals surface area contributed by atoms with Crippen molar-refractivity contribution in [3.05, 3.63) is 64.5 Å². The number of ether oxygens (including phenoxy) is 1. The van der Waals surface area contributed by atoms with Gasteiger partial charge in [0.15, 0.2) is 0 Å². The maximum atomic E-state index is 6.26.